The van der Waals surface area contributed by atoms with Crippen LogP contribution >= 0.6 is 0 Å². The molecule has 2 aromatic rings. The van der Waals surface area contributed by atoms with Crippen molar-refractivity contribution in [3.63, 3.8) is 0 Å². The first-order valence-electron chi connectivity index (χ1n) is 9.56. The number of hydrogen-bond acceptors (Lipinski definition) is 5. The first-order chi connectivity index (χ1) is 14.3. The molecule has 1 aromatic heterocycles. The van der Waals surface area contributed by atoms with Crippen molar-refractivity contribution in [2.24, 2.45) is 0 Å². The van der Waals surface area contributed by atoms with E-state index in [1.165, 1.54) is 41.4 Å². The molecule has 0 saturated carbocycles. The zero-order valence-corrected chi connectivity index (χ0v) is 18.0. The van der Waals surface area contributed by atoms with Crippen LogP contribution in [0.4, 0.5) is 23.8 Å². The molecule has 0 saturated heterocycles. The van der Waals surface area contributed by atoms with Crippen molar-refractivity contribution in [2.45, 2.75) is 39.5 Å². The summed E-state index contributed by atoms with van der Waals surface area (Å²) in [5.41, 5.74) is -0.651. The fourth-order valence-electron chi connectivity index (χ4n) is 2.55. The molecule has 0 aliphatic heterocycles. The number of hydrogen-bond donors (Lipinski definition) is 0. The van der Waals surface area contributed by atoms with Crippen LogP contribution in [-0.4, -0.2) is 52.6 Å². The second-order valence-electron chi connectivity index (χ2n) is 7.78. The normalized spacial score (nSPS) is 11.7. The second-order valence-corrected chi connectivity index (χ2v) is 7.78. The maximum absolute atomic E-state index is 12.8. The molecule has 10 heteroatoms. The van der Waals surface area contributed by atoms with Crippen LogP contribution in [0.1, 0.15) is 33.3 Å². The number of carbonyl (C=O) groups is 2. The third-order valence-corrected chi connectivity index (χ3v) is 4.24. The Hall–Kier alpha value is -3.17. The average Bonchev–Trinajstić information content (AvgIpc) is 2.69. The maximum Gasteiger partial charge on any atom is 0.416 e. The minimum Gasteiger partial charge on any atom is -0.444 e. The summed E-state index contributed by atoms with van der Waals surface area (Å²) in [6, 6.07) is 6.03. The highest BCUT2D eigenvalue weighted by Crippen LogP contribution is 2.31. The summed E-state index contributed by atoms with van der Waals surface area (Å²) in [5, 5.41) is 0. The quantitative estimate of drug-likeness (QED) is 0.693. The van der Waals surface area contributed by atoms with E-state index in [2.05, 4.69) is 9.97 Å². The van der Waals surface area contributed by atoms with E-state index in [-0.39, 0.29) is 18.9 Å². The van der Waals surface area contributed by atoms with Crippen LogP contribution in [0.15, 0.2) is 36.7 Å². The molecule has 2 amide bonds. The van der Waals surface area contributed by atoms with Crippen LogP contribution in [0.5, 0.6) is 0 Å². The molecule has 0 unspecified atom stereocenters. The lowest BCUT2D eigenvalue weighted by molar-refractivity contribution is -0.137. The Kier molecular flexibility index (Phi) is 7.24. The van der Waals surface area contributed by atoms with Gasteiger partial charge in [-0.3, -0.25) is 14.6 Å². The van der Waals surface area contributed by atoms with Gasteiger partial charge in [0.2, 0.25) is 5.91 Å². The Balaban J connectivity index is 2.16. The van der Waals surface area contributed by atoms with Crippen LogP contribution in [0, 0.1) is 0 Å². The molecular formula is C21H25F3N4O3. The van der Waals surface area contributed by atoms with Crippen molar-refractivity contribution in [3.8, 4) is 11.3 Å². The predicted molar refractivity (Wildman–Crippen MR) is 109 cm³/mol. The largest absolute Gasteiger partial charge is 0.444 e. The topological polar surface area (TPSA) is 75.6 Å². The van der Waals surface area contributed by atoms with E-state index in [9.17, 15) is 22.8 Å². The second kappa shape index (κ2) is 9.32. The number of rotatable bonds is 5. The van der Waals surface area contributed by atoms with E-state index in [1.54, 1.807) is 27.7 Å². The summed E-state index contributed by atoms with van der Waals surface area (Å²) >= 11 is 0. The fraction of sp³-hybridized carbons (Fsp3) is 0.429. The highest BCUT2D eigenvalue weighted by molar-refractivity contribution is 5.95. The molecule has 1 aromatic carbocycles. The molecule has 31 heavy (non-hydrogen) atoms. The summed E-state index contributed by atoms with van der Waals surface area (Å²) in [6.07, 6.45) is -3.82. The highest BCUT2D eigenvalue weighted by Gasteiger charge is 2.30. The Morgan fingerprint density at radius 1 is 1.06 bits per heavy atom. The molecule has 0 aliphatic carbocycles. The third kappa shape index (κ3) is 6.66. The minimum absolute atomic E-state index is 0.221. The number of carbonyl (C=O) groups excluding carboxylic acids is 2. The Labute approximate surface area is 178 Å². The molecule has 0 spiro atoms. The van der Waals surface area contributed by atoms with Gasteiger partial charge in [0.05, 0.1) is 11.3 Å². The SMILES string of the molecule is CCN(CC(=O)N(C)c1cc(-c2ccc(C(F)(F)F)cc2)ncn1)C(=O)OC(C)(C)C. The van der Waals surface area contributed by atoms with Gasteiger partial charge in [-0.1, -0.05) is 12.1 Å². The Bertz CT molecular complexity index is 925. The van der Waals surface area contributed by atoms with Crippen molar-refractivity contribution in [3.05, 3.63) is 42.2 Å². The van der Waals surface area contributed by atoms with Gasteiger partial charge in [0.15, 0.2) is 0 Å². The first kappa shape index (κ1) is 24.1. The monoisotopic (exact) mass is 438 g/mol. The fourth-order valence-corrected chi connectivity index (χ4v) is 2.55. The van der Waals surface area contributed by atoms with Gasteiger partial charge >= 0.3 is 12.3 Å². The number of nitrogens with zero attached hydrogens (tertiary/aromatic N) is 4. The van der Waals surface area contributed by atoms with Gasteiger partial charge in [-0.25, -0.2) is 14.8 Å². The molecule has 168 valence electrons. The van der Waals surface area contributed by atoms with Gasteiger partial charge in [-0.2, -0.15) is 13.2 Å². The highest BCUT2D eigenvalue weighted by atomic mass is 19.4. The van der Waals surface area contributed by atoms with Gasteiger partial charge < -0.3 is 4.74 Å². The minimum atomic E-state index is -4.43. The van der Waals surface area contributed by atoms with E-state index >= 15 is 0 Å². The number of ether oxygens (including phenoxy) is 1. The lowest BCUT2D eigenvalue weighted by Gasteiger charge is -2.27. The summed E-state index contributed by atoms with van der Waals surface area (Å²) in [5.74, 6) is -0.167. The van der Waals surface area contributed by atoms with E-state index in [4.69, 9.17) is 4.74 Å². The summed E-state index contributed by atoms with van der Waals surface area (Å²) in [4.78, 5) is 35.6. The van der Waals surface area contributed by atoms with Crippen molar-refractivity contribution < 1.29 is 27.5 Å². The molecular weight excluding hydrogens is 413 g/mol. The van der Waals surface area contributed by atoms with Crippen molar-refractivity contribution in [2.75, 3.05) is 25.0 Å². The predicted octanol–water partition coefficient (Wildman–Crippen LogP) is 4.38. The number of likely N-dealkylation sites (N-methyl/N-ethyl adjacent to an activating group) is 2. The molecule has 7 nitrogen and oxygen atoms in total. The standard InChI is InChI=1S/C21H25F3N4O3/c1-6-28(19(30)31-20(2,3)4)12-18(29)27(5)17-11-16(25-13-26-17)14-7-9-15(10-8-14)21(22,23)24/h7-11,13H,6,12H2,1-5H3. The van der Waals surface area contributed by atoms with Crippen LogP contribution in [0.25, 0.3) is 11.3 Å². The summed E-state index contributed by atoms with van der Waals surface area (Å²) in [6.45, 7) is 6.98. The molecule has 0 aliphatic rings. The molecule has 2 rings (SSSR count). The van der Waals surface area contributed by atoms with Crippen molar-refractivity contribution >= 4 is 17.8 Å². The summed E-state index contributed by atoms with van der Waals surface area (Å²) in [7, 11) is 1.49. The molecule has 0 atom stereocenters. The van der Waals surface area contributed by atoms with Crippen LogP contribution in [0.2, 0.25) is 0 Å². The van der Waals surface area contributed by atoms with Gasteiger partial charge in [0.1, 0.15) is 24.3 Å². The Morgan fingerprint density at radius 2 is 1.68 bits per heavy atom. The molecule has 0 radical (unpaired) electrons. The molecule has 0 bridgehead atoms. The molecule has 0 fully saturated rings. The number of anilines is 1. The van der Waals surface area contributed by atoms with E-state index in [0.717, 1.165) is 12.1 Å². The van der Waals surface area contributed by atoms with Gasteiger partial charge in [-0.05, 0) is 39.8 Å². The van der Waals surface area contributed by atoms with E-state index < -0.39 is 29.3 Å². The number of amides is 2. The maximum atomic E-state index is 12.8. The number of alkyl halides is 3. The lowest BCUT2D eigenvalue weighted by atomic mass is 10.1. The zero-order chi connectivity index (χ0) is 23.4. The van der Waals surface area contributed by atoms with Gasteiger partial charge in [-0.15, -0.1) is 0 Å². The van der Waals surface area contributed by atoms with Crippen LogP contribution in [0.3, 0.4) is 0 Å². The molecule has 0 N–H and O–H groups in total. The Morgan fingerprint density at radius 3 is 2.19 bits per heavy atom. The average molecular weight is 438 g/mol. The lowest BCUT2D eigenvalue weighted by Crippen LogP contribution is -2.43. The third-order valence-electron chi connectivity index (χ3n) is 4.24. The number of aromatic nitrogens is 2. The smallest absolute Gasteiger partial charge is 0.416 e. The van der Waals surface area contributed by atoms with Crippen molar-refractivity contribution in [1.82, 2.24) is 14.9 Å². The summed E-state index contributed by atoms with van der Waals surface area (Å²) < 4.78 is 43.6. The van der Waals surface area contributed by atoms with E-state index in [0.29, 0.717) is 11.3 Å². The number of halogens is 3. The number of benzene rings is 1. The molecule has 1 heterocycles. The zero-order valence-electron chi connectivity index (χ0n) is 18.0. The van der Waals surface area contributed by atoms with Gasteiger partial charge in [0.25, 0.3) is 0 Å². The van der Waals surface area contributed by atoms with E-state index in [1.807, 2.05) is 0 Å². The van der Waals surface area contributed by atoms with Crippen LogP contribution in [-0.2, 0) is 15.7 Å². The first-order valence-corrected chi connectivity index (χ1v) is 9.56. The van der Waals surface area contributed by atoms with Crippen molar-refractivity contribution in [1.29, 1.82) is 0 Å². The van der Waals surface area contributed by atoms with Crippen LogP contribution < -0.4 is 4.90 Å². The van der Waals surface area contributed by atoms with Gasteiger partial charge in [0, 0.05) is 25.2 Å².